The number of benzene rings is 2. The third-order valence-electron chi connectivity index (χ3n) is 3.33. The number of carbonyl (C=O) groups excluding carboxylic acids is 1. The van der Waals surface area contributed by atoms with Gasteiger partial charge >= 0.3 is 5.97 Å². The van der Waals surface area contributed by atoms with Crippen molar-refractivity contribution in [3.8, 4) is 5.69 Å². The van der Waals surface area contributed by atoms with E-state index in [1.54, 1.807) is 16.7 Å². The number of rotatable bonds is 2. The number of esters is 1. The lowest BCUT2D eigenvalue weighted by atomic mass is 10.1. The molecule has 0 atom stereocenters. The summed E-state index contributed by atoms with van der Waals surface area (Å²) in [6.45, 7) is 0. The Balaban J connectivity index is 0.00000176. The smallest absolute Gasteiger partial charge is 0.355 e. The maximum atomic E-state index is 12.2. The van der Waals surface area contributed by atoms with Crippen LogP contribution in [-0.4, -0.2) is 17.6 Å². The molecule has 0 fully saturated rings. The molecule has 5 heteroatoms. The summed E-state index contributed by atoms with van der Waals surface area (Å²) in [4.78, 5) is 24.2. The van der Waals surface area contributed by atoms with Crippen LogP contribution in [0.5, 0.6) is 0 Å². The van der Waals surface area contributed by atoms with E-state index in [9.17, 15) is 9.59 Å². The number of ether oxygens (including phenoxy) is 1. The zero-order chi connectivity index (χ0) is 14.8. The van der Waals surface area contributed by atoms with Crippen LogP contribution in [0.4, 0.5) is 0 Å². The molecule has 0 saturated heterocycles. The first-order valence-electron chi connectivity index (χ1n) is 6.51. The summed E-state index contributed by atoms with van der Waals surface area (Å²) in [5.74, 6) is -0.540. The minimum Gasteiger partial charge on any atom is -0.464 e. The van der Waals surface area contributed by atoms with Gasteiger partial charge in [-0.2, -0.15) is 0 Å². The summed E-state index contributed by atoms with van der Waals surface area (Å²) in [6.07, 6.45) is 0. The number of methoxy groups -OCH3 is 1. The van der Waals surface area contributed by atoms with E-state index in [0.717, 1.165) is 5.69 Å². The molecule has 0 unspecified atom stereocenters. The molecule has 3 aromatic rings. The highest BCUT2D eigenvalue weighted by Crippen LogP contribution is 2.19. The molecule has 3 rings (SSSR count). The van der Waals surface area contributed by atoms with Crippen LogP contribution in [-0.2, 0) is 4.74 Å². The lowest BCUT2D eigenvalue weighted by Crippen LogP contribution is -2.18. The van der Waals surface area contributed by atoms with Gasteiger partial charge in [0.25, 0.3) is 0 Å². The molecule has 1 heterocycles. The van der Waals surface area contributed by atoms with Crippen molar-refractivity contribution in [3.63, 3.8) is 0 Å². The van der Waals surface area contributed by atoms with E-state index in [1.807, 2.05) is 42.5 Å². The van der Waals surface area contributed by atoms with Gasteiger partial charge in [0.2, 0.25) is 0 Å². The molecule has 0 bridgehead atoms. The maximum Gasteiger partial charge on any atom is 0.355 e. The van der Waals surface area contributed by atoms with Crippen molar-refractivity contribution < 1.29 is 9.53 Å². The number of fused-ring (bicyclic) bond motifs is 1. The number of para-hydroxylation sites is 2. The highest BCUT2D eigenvalue weighted by atomic mass is 35.5. The molecule has 0 aliphatic rings. The predicted molar refractivity (Wildman–Crippen MR) is 88.1 cm³/mol. The van der Waals surface area contributed by atoms with Crippen LogP contribution in [0.2, 0.25) is 0 Å². The van der Waals surface area contributed by atoms with Crippen LogP contribution in [0, 0.1) is 0 Å². The quantitative estimate of drug-likeness (QED) is 0.682. The van der Waals surface area contributed by atoms with Crippen LogP contribution in [0.25, 0.3) is 16.6 Å². The Morgan fingerprint density at radius 2 is 1.64 bits per heavy atom. The van der Waals surface area contributed by atoms with Crippen molar-refractivity contribution in [2.75, 3.05) is 7.11 Å². The van der Waals surface area contributed by atoms with Gasteiger partial charge in [-0.05, 0) is 24.3 Å². The summed E-state index contributed by atoms with van der Waals surface area (Å²) >= 11 is 0. The lowest BCUT2D eigenvalue weighted by Gasteiger charge is -2.15. The Labute approximate surface area is 133 Å². The molecule has 2 aromatic carbocycles. The van der Waals surface area contributed by atoms with Crippen LogP contribution in [0.15, 0.2) is 65.5 Å². The Morgan fingerprint density at radius 3 is 2.32 bits per heavy atom. The first kappa shape index (κ1) is 15.8. The van der Waals surface area contributed by atoms with Gasteiger partial charge in [-0.3, -0.25) is 4.79 Å². The van der Waals surface area contributed by atoms with E-state index in [4.69, 9.17) is 4.74 Å². The molecule has 0 aliphatic heterocycles. The minimum absolute atomic E-state index is 0. The molecule has 4 nitrogen and oxygen atoms in total. The molecule has 0 radical (unpaired) electrons. The summed E-state index contributed by atoms with van der Waals surface area (Å²) in [5, 5.41) is 0.564. The number of aromatic nitrogens is 1. The van der Waals surface area contributed by atoms with Gasteiger partial charge in [-0.25, -0.2) is 4.79 Å². The van der Waals surface area contributed by atoms with Crippen molar-refractivity contribution in [1.82, 2.24) is 4.57 Å². The number of hydrogen-bond acceptors (Lipinski definition) is 3. The van der Waals surface area contributed by atoms with Gasteiger partial charge < -0.3 is 9.30 Å². The first-order chi connectivity index (χ1) is 10.2. The first-order valence-corrected chi connectivity index (χ1v) is 6.51. The van der Waals surface area contributed by atoms with Crippen molar-refractivity contribution >= 4 is 29.3 Å². The van der Waals surface area contributed by atoms with Crippen molar-refractivity contribution in [1.29, 1.82) is 0 Å². The van der Waals surface area contributed by atoms with Crippen molar-refractivity contribution in [2.45, 2.75) is 0 Å². The van der Waals surface area contributed by atoms with Gasteiger partial charge in [0.1, 0.15) is 5.69 Å². The molecule has 1 aromatic heterocycles. The molecular weight excluding hydrogens is 302 g/mol. The largest absolute Gasteiger partial charge is 0.464 e. The van der Waals surface area contributed by atoms with Gasteiger partial charge in [0.05, 0.1) is 12.6 Å². The molecule has 112 valence electrons. The van der Waals surface area contributed by atoms with Crippen LogP contribution in [0.1, 0.15) is 10.5 Å². The zero-order valence-corrected chi connectivity index (χ0v) is 12.7. The van der Waals surface area contributed by atoms with Crippen LogP contribution < -0.4 is 5.43 Å². The molecule has 0 aliphatic carbocycles. The van der Waals surface area contributed by atoms with Gasteiger partial charge in [0, 0.05) is 17.1 Å². The summed E-state index contributed by atoms with van der Waals surface area (Å²) < 4.78 is 6.54. The third kappa shape index (κ3) is 2.61. The molecule has 0 N–H and O–H groups in total. The fourth-order valence-corrected chi connectivity index (χ4v) is 2.38. The third-order valence-corrected chi connectivity index (χ3v) is 3.33. The molecule has 0 spiro atoms. The maximum absolute atomic E-state index is 12.2. The highest BCUT2D eigenvalue weighted by molar-refractivity contribution is 5.93. The molecule has 0 amide bonds. The van der Waals surface area contributed by atoms with Crippen molar-refractivity contribution in [3.05, 3.63) is 76.6 Å². The number of carbonyl (C=O) groups is 1. The Kier molecular flexibility index (Phi) is 4.63. The fraction of sp³-hybridized carbons (Fsp3) is 0.0588. The number of halogens is 1. The standard InChI is InChI=1S/C17H13NO3.ClH/c1-21-17(20)15-11-16(19)13-9-5-6-10-14(13)18(15)12-7-3-2-4-8-12;/h2-11H,1H3;1H. The second-order valence-corrected chi connectivity index (χ2v) is 4.57. The van der Waals surface area contributed by atoms with Gasteiger partial charge in [-0.1, -0.05) is 30.3 Å². The zero-order valence-electron chi connectivity index (χ0n) is 11.9. The van der Waals surface area contributed by atoms with E-state index in [-0.39, 0.29) is 23.5 Å². The summed E-state index contributed by atoms with van der Waals surface area (Å²) in [6, 6.07) is 17.9. The number of pyridine rings is 1. The van der Waals surface area contributed by atoms with E-state index in [2.05, 4.69) is 0 Å². The Bertz CT molecular complexity index is 872. The molecular formula is C17H14ClNO3. The molecule has 22 heavy (non-hydrogen) atoms. The van der Waals surface area contributed by atoms with Crippen molar-refractivity contribution in [2.24, 2.45) is 0 Å². The number of hydrogen-bond donors (Lipinski definition) is 0. The summed E-state index contributed by atoms with van der Waals surface area (Å²) in [7, 11) is 1.30. The molecule has 0 saturated carbocycles. The lowest BCUT2D eigenvalue weighted by molar-refractivity contribution is 0.0591. The van der Waals surface area contributed by atoms with E-state index in [1.165, 1.54) is 13.2 Å². The van der Waals surface area contributed by atoms with Gasteiger partial charge in [0.15, 0.2) is 5.43 Å². The highest BCUT2D eigenvalue weighted by Gasteiger charge is 2.16. The normalized spacial score (nSPS) is 10.0. The Morgan fingerprint density at radius 1 is 1.00 bits per heavy atom. The number of nitrogens with zero attached hydrogens (tertiary/aromatic N) is 1. The van der Waals surface area contributed by atoms with E-state index < -0.39 is 5.97 Å². The van der Waals surface area contributed by atoms with Gasteiger partial charge in [-0.15, -0.1) is 12.4 Å². The van der Waals surface area contributed by atoms with Crippen LogP contribution >= 0.6 is 12.4 Å². The summed E-state index contributed by atoms with van der Waals surface area (Å²) in [5.41, 5.74) is 1.50. The fourth-order valence-electron chi connectivity index (χ4n) is 2.38. The minimum atomic E-state index is -0.540. The second-order valence-electron chi connectivity index (χ2n) is 4.57. The van der Waals surface area contributed by atoms with E-state index >= 15 is 0 Å². The average Bonchev–Trinajstić information content (AvgIpc) is 2.55. The van der Waals surface area contributed by atoms with E-state index in [0.29, 0.717) is 10.9 Å². The topological polar surface area (TPSA) is 48.3 Å². The van der Waals surface area contributed by atoms with Crippen LogP contribution in [0.3, 0.4) is 0 Å². The Hall–Kier alpha value is -2.59. The monoisotopic (exact) mass is 315 g/mol. The predicted octanol–water partition coefficient (Wildman–Crippen LogP) is 3.20. The SMILES string of the molecule is COC(=O)c1cc(=O)c2ccccc2n1-c1ccccc1.Cl. The average molecular weight is 316 g/mol. The second kappa shape index (κ2) is 6.45.